The summed E-state index contributed by atoms with van der Waals surface area (Å²) in [7, 11) is -7.05. The minimum Gasteiger partial charge on any atom is -0.316 e. The van der Waals surface area contributed by atoms with Crippen molar-refractivity contribution in [2.75, 3.05) is 32.4 Å². The van der Waals surface area contributed by atoms with Gasteiger partial charge in [-0.3, -0.25) is 0 Å². The molecule has 1 N–H and O–H groups in total. The van der Waals surface area contributed by atoms with Gasteiger partial charge in [-0.1, -0.05) is 0 Å². The first-order chi connectivity index (χ1) is 10.2. The first-order valence-corrected chi connectivity index (χ1v) is 10.4. The number of sulfonamides is 1. The fourth-order valence-electron chi connectivity index (χ4n) is 3.13. The Hall–Kier alpha value is -0.740. The standard InChI is InChI=1S/C13H19N3O4S2.ClH/c1-21(17,18)12-3-2-11(8-15-12)22(19,20)16-7-5-13(10-16)4-6-14-9-13;/h2-3,8,14H,4-7,9-10H2,1H3;1H. The van der Waals surface area contributed by atoms with Gasteiger partial charge in [0.05, 0.1) is 0 Å². The van der Waals surface area contributed by atoms with Gasteiger partial charge in [0.15, 0.2) is 14.9 Å². The van der Waals surface area contributed by atoms with Gasteiger partial charge in [0, 0.05) is 32.1 Å². The molecule has 0 aliphatic carbocycles. The number of rotatable bonds is 3. The van der Waals surface area contributed by atoms with E-state index < -0.39 is 19.9 Å². The minimum atomic E-state index is -3.62. The third-order valence-electron chi connectivity index (χ3n) is 4.46. The molecule has 2 saturated heterocycles. The van der Waals surface area contributed by atoms with Gasteiger partial charge in [-0.05, 0) is 36.9 Å². The van der Waals surface area contributed by atoms with Crippen molar-refractivity contribution < 1.29 is 16.8 Å². The fraction of sp³-hybridized carbons (Fsp3) is 0.615. The predicted molar refractivity (Wildman–Crippen MR) is 87.9 cm³/mol. The summed E-state index contributed by atoms with van der Waals surface area (Å²) < 4.78 is 49.6. The van der Waals surface area contributed by atoms with E-state index in [1.165, 1.54) is 16.4 Å². The summed E-state index contributed by atoms with van der Waals surface area (Å²) in [6.07, 6.45) is 4.02. The molecule has 2 aliphatic rings. The molecule has 2 fully saturated rings. The molecule has 1 aromatic rings. The van der Waals surface area contributed by atoms with Gasteiger partial charge in [0.1, 0.15) is 4.90 Å². The zero-order valence-corrected chi connectivity index (χ0v) is 15.2. The second-order valence-electron chi connectivity index (χ2n) is 6.12. The molecule has 0 bridgehead atoms. The molecule has 3 rings (SSSR count). The molecular weight excluding hydrogens is 362 g/mol. The Kier molecular flexibility index (Phi) is 5.08. The van der Waals surface area contributed by atoms with E-state index >= 15 is 0 Å². The average Bonchev–Trinajstić information content (AvgIpc) is 3.09. The number of nitrogens with zero attached hydrogens (tertiary/aromatic N) is 2. The third kappa shape index (κ3) is 3.53. The van der Waals surface area contributed by atoms with Crippen molar-refractivity contribution in [3.05, 3.63) is 18.3 Å². The zero-order chi connectivity index (χ0) is 16.0. The molecule has 1 spiro atoms. The molecule has 0 amide bonds. The summed E-state index contributed by atoms with van der Waals surface area (Å²) in [5, 5.41) is 3.17. The lowest BCUT2D eigenvalue weighted by Crippen LogP contribution is -2.33. The van der Waals surface area contributed by atoms with Crippen molar-refractivity contribution in [1.82, 2.24) is 14.6 Å². The van der Waals surface area contributed by atoms with Crippen LogP contribution in [0.3, 0.4) is 0 Å². The van der Waals surface area contributed by atoms with E-state index in [9.17, 15) is 16.8 Å². The van der Waals surface area contributed by atoms with Gasteiger partial charge in [0.2, 0.25) is 10.0 Å². The molecule has 23 heavy (non-hydrogen) atoms. The Morgan fingerprint density at radius 3 is 2.48 bits per heavy atom. The van der Waals surface area contributed by atoms with Crippen molar-refractivity contribution >= 4 is 32.3 Å². The van der Waals surface area contributed by atoms with E-state index in [0.717, 1.165) is 38.4 Å². The highest BCUT2D eigenvalue weighted by molar-refractivity contribution is 7.90. The monoisotopic (exact) mass is 381 g/mol. The van der Waals surface area contributed by atoms with Crippen molar-refractivity contribution in [2.24, 2.45) is 5.41 Å². The molecule has 2 aliphatic heterocycles. The zero-order valence-electron chi connectivity index (χ0n) is 12.7. The minimum absolute atomic E-state index is 0. The van der Waals surface area contributed by atoms with Crippen LogP contribution >= 0.6 is 12.4 Å². The number of pyridine rings is 1. The summed E-state index contributed by atoms with van der Waals surface area (Å²) in [6, 6.07) is 2.56. The average molecular weight is 382 g/mol. The fourth-order valence-corrected chi connectivity index (χ4v) is 5.19. The molecule has 7 nitrogen and oxygen atoms in total. The highest BCUT2D eigenvalue weighted by Gasteiger charge is 2.44. The van der Waals surface area contributed by atoms with Crippen LogP contribution in [0, 0.1) is 5.41 Å². The Morgan fingerprint density at radius 1 is 1.22 bits per heavy atom. The van der Waals surface area contributed by atoms with Crippen molar-refractivity contribution in [2.45, 2.75) is 22.8 Å². The molecular formula is C13H20ClN3O4S2. The van der Waals surface area contributed by atoms with Gasteiger partial charge in [0.25, 0.3) is 0 Å². The maximum atomic E-state index is 12.7. The molecule has 1 atom stereocenters. The van der Waals surface area contributed by atoms with Crippen molar-refractivity contribution in [1.29, 1.82) is 0 Å². The van der Waals surface area contributed by atoms with E-state index in [1.807, 2.05) is 0 Å². The largest absolute Gasteiger partial charge is 0.316 e. The number of sulfone groups is 1. The predicted octanol–water partition coefficient (Wildman–Crippen LogP) is 0.281. The van der Waals surface area contributed by atoms with Crippen molar-refractivity contribution in [3.8, 4) is 0 Å². The van der Waals surface area contributed by atoms with E-state index in [0.29, 0.717) is 13.1 Å². The van der Waals surface area contributed by atoms with Crippen LogP contribution in [0.25, 0.3) is 0 Å². The van der Waals surface area contributed by atoms with Gasteiger partial charge >= 0.3 is 0 Å². The molecule has 1 unspecified atom stereocenters. The maximum absolute atomic E-state index is 12.7. The summed E-state index contributed by atoms with van der Waals surface area (Å²) in [6.45, 7) is 2.79. The highest BCUT2D eigenvalue weighted by Crippen LogP contribution is 2.38. The maximum Gasteiger partial charge on any atom is 0.244 e. The highest BCUT2D eigenvalue weighted by atomic mass is 35.5. The first kappa shape index (κ1) is 18.6. The first-order valence-electron chi connectivity index (χ1n) is 7.10. The Morgan fingerprint density at radius 2 is 1.96 bits per heavy atom. The lowest BCUT2D eigenvalue weighted by Gasteiger charge is -2.22. The Bertz CT molecular complexity index is 772. The van der Waals surface area contributed by atoms with E-state index in [-0.39, 0.29) is 27.7 Å². The second kappa shape index (κ2) is 6.29. The topological polar surface area (TPSA) is 96.4 Å². The van der Waals surface area contributed by atoms with Gasteiger partial charge in [-0.25, -0.2) is 21.8 Å². The van der Waals surface area contributed by atoms with E-state index in [1.54, 1.807) is 0 Å². The van der Waals surface area contributed by atoms with Gasteiger partial charge < -0.3 is 5.32 Å². The van der Waals surface area contributed by atoms with Crippen LogP contribution in [0.4, 0.5) is 0 Å². The van der Waals surface area contributed by atoms with Crippen LogP contribution in [-0.4, -0.2) is 58.6 Å². The smallest absolute Gasteiger partial charge is 0.244 e. The molecule has 0 saturated carbocycles. The van der Waals surface area contributed by atoms with Gasteiger partial charge in [-0.15, -0.1) is 12.4 Å². The third-order valence-corrected chi connectivity index (χ3v) is 7.29. The van der Waals surface area contributed by atoms with E-state index in [2.05, 4.69) is 10.3 Å². The Balaban J connectivity index is 0.00000192. The molecule has 1 aromatic heterocycles. The van der Waals surface area contributed by atoms with Crippen LogP contribution in [-0.2, 0) is 19.9 Å². The number of hydrogen-bond acceptors (Lipinski definition) is 6. The lowest BCUT2D eigenvalue weighted by molar-refractivity contribution is 0.338. The number of halogens is 1. The van der Waals surface area contributed by atoms with Crippen LogP contribution < -0.4 is 5.32 Å². The summed E-state index contributed by atoms with van der Waals surface area (Å²) in [5.41, 5.74) is 0.0488. The van der Waals surface area contributed by atoms with Crippen LogP contribution in [0.2, 0.25) is 0 Å². The van der Waals surface area contributed by atoms with Crippen LogP contribution in [0.5, 0.6) is 0 Å². The quantitative estimate of drug-likeness (QED) is 0.807. The molecule has 3 heterocycles. The van der Waals surface area contributed by atoms with E-state index in [4.69, 9.17) is 0 Å². The Labute approximate surface area is 142 Å². The number of hydrogen-bond donors (Lipinski definition) is 1. The van der Waals surface area contributed by atoms with Crippen molar-refractivity contribution in [3.63, 3.8) is 0 Å². The molecule has 10 heteroatoms. The normalized spacial score (nSPS) is 25.6. The summed E-state index contributed by atoms with van der Waals surface area (Å²) in [4.78, 5) is 3.81. The lowest BCUT2D eigenvalue weighted by atomic mass is 9.87. The van der Waals surface area contributed by atoms with Crippen LogP contribution in [0.15, 0.2) is 28.3 Å². The number of aromatic nitrogens is 1. The number of nitrogens with one attached hydrogen (secondary N) is 1. The summed E-state index contributed by atoms with van der Waals surface area (Å²) >= 11 is 0. The van der Waals surface area contributed by atoms with Crippen LogP contribution in [0.1, 0.15) is 12.8 Å². The second-order valence-corrected chi connectivity index (χ2v) is 10.0. The molecule has 0 radical (unpaired) electrons. The SMILES string of the molecule is CS(=O)(=O)c1ccc(S(=O)(=O)N2CCC3(CCNC3)C2)cn1.Cl. The molecule has 130 valence electrons. The molecule has 0 aromatic carbocycles. The van der Waals surface area contributed by atoms with Gasteiger partial charge in [-0.2, -0.15) is 4.31 Å². The summed E-state index contributed by atoms with van der Waals surface area (Å²) in [5.74, 6) is 0.